The largest absolute Gasteiger partial charge is 0.490 e. The van der Waals surface area contributed by atoms with Crippen LogP contribution >= 0.6 is 23.5 Å². The third-order valence-corrected chi connectivity index (χ3v) is 10.6. The molecule has 1 aromatic rings. The number of nitrogens with zero attached hydrogens (tertiary/aromatic N) is 2. The van der Waals surface area contributed by atoms with Gasteiger partial charge < -0.3 is 51.4 Å². The number of ether oxygens (including phenoxy) is 2. The maximum Gasteiger partial charge on any atom is 0.490 e. The average molecular weight is 659 g/mol. The topological polar surface area (TPSA) is 329 Å². The Labute approximate surface area is 236 Å². The van der Waals surface area contributed by atoms with Crippen LogP contribution in [0.1, 0.15) is 18.2 Å². The number of hydrogen-bond acceptors (Lipinski definition) is 15. The predicted octanol–water partition coefficient (Wildman–Crippen LogP) is -2.51. The summed E-state index contributed by atoms with van der Waals surface area (Å²) in [6, 6.07) is -0.770. The number of fused-ring (bicyclic) bond motifs is 1. The van der Waals surface area contributed by atoms with Crippen molar-refractivity contribution in [1.29, 1.82) is 0 Å². The molecule has 3 fully saturated rings. The lowest BCUT2D eigenvalue weighted by molar-refractivity contribution is -0.144. The van der Waals surface area contributed by atoms with Crippen LogP contribution in [0.3, 0.4) is 0 Å². The molecule has 2 aliphatic carbocycles. The summed E-state index contributed by atoms with van der Waals surface area (Å²) in [7, 11) is -16.8. The minimum absolute atomic E-state index is 0.0407. The fraction of sp³-hybridized carbons (Fsp3) is 0.632. The van der Waals surface area contributed by atoms with Gasteiger partial charge in [-0.3, -0.25) is 13.9 Å². The second-order valence-electron chi connectivity index (χ2n) is 9.62. The van der Waals surface area contributed by atoms with Gasteiger partial charge in [-0.2, -0.15) is 13.6 Å². The van der Waals surface area contributed by atoms with Gasteiger partial charge in [-0.25, -0.2) is 18.5 Å². The fourth-order valence-electron chi connectivity index (χ4n) is 4.81. The fourth-order valence-corrected chi connectivity index (χ4v) is 7.84. The first-order valence-corrected chi connectivity index (χ1v) is 16.6. The number of nitrogens with two attached hydrogens (primary N) is 3. The summed E-state index contributed by atoms with van der Waals surface area (Å²) >= 11 is 0. The van der Waals surface area contributed by atoms with E-state index >= 15 is 0 Å². The van der Waals surface area contributed by atoms with Crippen LogP contribution in [0.4, 0.5) is 5.82 Å². The Morgan fingerprint density at radius 3 is 2.48 bits per heavy atom. The Kier molecular flexibility index (Phi) is 9.51. The second-order valence-corrected chi connectivity index (χ2v) is 14.0. The number of aliphatic hydroxyl groups excluding tert-OH is 1. The molecule has 8 atom stereocenters. The average Bonchev–Trinajstić information content (AvgIpc) is 3.71. The van der Waals surface area contributed by atoms with E-state index in [-0.39, 0.29) is 30.3 Å². The molecule has 0 amide bonds. The molecule has 23 heteroatoms. The summed E-state index contributed by atoms with van der Waals surface area (Å²) in [5, 5.41) is 10.3. The number of carbonyl (C=O) groups is 1. The molecule has 6 unspecified atom stereocenters. The van der Waals surface area contributed by atoms with Gasteiger partial charge in [-0.15, -0.1) is 0 Å². The lowest BCUT2D eigenvalue weighted by Gasteiger charge is -2.19. The van der Waals surface area contributed by atoms with Gasteiger partial charge in [0.2, 0.25) is 0 Å². The molecule has 1 aliphatic heterocycles. The number of hydrogen-bond donors (Lipinski definition) is 8. The molecule has 0 aromatic carbocycles. The van der Waals surface area contributed by atoms with E-state index in [1.165, 1.54) is 0 Å². The van der Waals surface area contributed by atoms with Crippen molar-refractivity contribution in [3.63, 3.8) is 0 Å². The first-order chi connectivity index (χ1) is 19.4. The van der Waals surface area contributed by atoms with Crippen LogP contribution < -0.4 is 22.9 Å². The standard InChI is InChI=1S/C19H28N5O15P3/c20-5-9-13-14(9)15(13)16(21)18(26)35-3-1-2-8-6-24(19(27)23-17(8)22)12-4-10(25)11(37-12)7-36-41(31,32)39-42(33,34)38-40(28,29)30/h6,9-16,25H,3-5,7,20-21H2,(H,31,32)(H,33,34)(H2,22,23,27)(H2,28,29,30)/t9?,10?,11-,12-,13?,14?,15?,16?/m1/s1. The van der Waals surface area contributed by atoms with Crippen molar-refractivity contribution >= 4 is 35.3 Å². The van der Waals surface area contributed by atoms with E-state index in [2.05, 4.69) is 30.0 Å². The van der Waals surface area contributed by atoms with Gasteiger partial charge in [0.1, 0.15) is 24.2 Å². The van der Waals surface area contributed by atoms with Crippen molar-refractivity contribution in [2.24, 2.45) is 35.1 Å². The quantitative estimate of drug-likeness (QED) is 0.0652. The summed E-state index contributed by atoms with van der Waals surface area (Å²) < 4.78 is 57.2. The zero-order valence-electron chi connectivity index (χ0n) is 21.3. The molecule has 234 valence electrons. The van der Waals surface area contributed by atoms with Crippen LogP contribution in [0.2, 0.25) is 0 Å². The smallest absolute Gasteiger partial charge is 0.451 e. The summed E-state index contributed by atoms with van der Waals surface area (Å²) in [5.74, 6) is 5.53. The molecule has 0 bridgehead atoms. The van der Waals surface area contributed by atoms with Crippen LogP contribution in [-0.4, -0.2) is 78.2 Å². The molecule has 0 spiro atoms. The van der Waals surface area contributed by atoms with Crippen LogP contribution in [0, 0.1) is 35.5 Å². The molecule has 4 rings (SSSR count). The van der Waals surface area contributed by atoms with E-state index in [4.69, 9.17) is 36.5 Å². The Bertz CT molecular complexity index is 1480. The highest BCUT2D eigenvalue weighted by Gasteiger charge is 2.74. The van der Waals surface area contributed by atoms with Gasteiger partial charge in [0.15, 0.2) is 6.61 Å². The number of phosphoric acid groups is 3. The molecule has 2 heterocycles. The summed E-state index contributed by atoms with van der Waals surface area (Å²) in [4.78, 5) is 64.1. The van der Waals surface area contributed by atoms with Crippen molar-refractivity contribution in [1.82, 2.24) is 9.55 Å². The van der Waals surface area contributed by atoms with Gasteiger partial charge in [-0.1, -0.05) is 11.8 Å². The van der Waals surface area contributed by atoms with Crippen molar-refractivity contribution in [3.05, 3.63) is 22.2 Å². The number of anilines is 1. The summed E-state index contributed by atoms with van der Waals surface area (Å²) in [6.07, 6.45) is -3.08. The molecule has 20 nitrogen and oxygen atoms in total. The highest BCUT2D eigenvalue weighted by molar-refractivity contribution is 7.66. The van der Waals surface area contributed by atoms with E-state index in [0.29, 0.717) is 24.3 Å². The predicted molar refractivity (Wildman–Crippen MR) is 136 cm³/mol. The maximum atomic E-state index is 12.4. The van der Waals surface area contributed by atoms with Crippen LogP contribution in [0.25, 0.3) is 0 Å². The molecular formula is C19H28N5O15P3. The zero-order chi connectivity index (χ0) is 31.2. The second kappa shape index (κ2) is 12.2. The SMILES string of the molecule is NCC1C2C(C(N)C(=O)OCC#Cc3cn([C@H]4CC(O)[C@@H](COP(=O)(O)OP(=O)(O)OP(=O)(O)O)O4)c(=O)nc3N)C12. The van der Waals surface area contributed by atoms with Gasteiger partial charge >= 0.3 is 35.1 Å². The van der Waals surface area contributed by atoms with E-state index < -0.39 is 66.2 Å². The van der Waals surface area contributed by atoms with E-state index in [1.807, 2.05) is 0 Å². The number of nitrogen functional groups attached to an aromatic ring is 1. The number of esters is 1. The Morgan fingerprint density at radius 1 is 1.19 bits per heavy atom. The lowest BCUT2D eigenvalue weighted by atomic mass is 9.98. The first-order valence-electron chi connectivity index (χ1n) is 12.0. The lowest BCUT2D eigenvalue weighted by Crippen LogP contribution is -2.38. The monoisotopic (exact) mass is 659 g/mol. The summed E-state index contributed by atoms with van der Waals surface area (Å²) in [6.45, 7) is -0.701. The van der Waals surface area contributed by atoms with Gasteiger partial charge in [0.05, 0.1) is 18.3 Å². The minimum Gasteiger partial charge on any atom is -0.451 e. The van der Waals surface area contributed by atoms with E-state index in [9.17, 15) is 38.2 Å². The van der Waals surface area contributed by atoms with Gasteiger partial charge in [-0.05, 0) is 30.2 Å². The highest BCUT2D eigenvalue weighted by atomic mass is 31.3. The number of phosphoric ester groups is 1. The van der Waals surface area contributed by atoms with E-state index in [1.54, 1.807) is 0 Å². The van der Waals surface area contributed by atoms with Crippen molar-refractivity contribution in [2.75, 3.05) is 25.5 Å². The molecule has 1 aromatic heterocycles. The summed E-state index contributed by atoms with van der Waals surface area (Å²) in [5.41, 5.74) is 16.4. The first kappa shape index (κ1) is 32.9. The highest BCUT2D eigenvalue weighted by Crippen LogP contribution is 2.73. The maximum absolute atomic E-state index is 12.4. The normalized spacial score (nSPS) is 31.5. The number of aromatic nitrogens is 2. The minimum atomic E-state index is -5.74. The molecule has 3 aliphatic rings. The molecular weight excluding hydrogens is 631 g/mol. The number of aliphatic hydroxyl groups is 1. The van der Waals surface area contributed by atoms with Crippen LogP contribution in [-0.2, 0) is 41.1 Å². The van der Waals surface area contributed by atoms with Crippen LogP contribution in [0.15, 0.2) is 11.0 Å². The third kappa shape index (κ3) is 7.91. The number of rotatable bonds is 12. The molecule has 0 radical (unpaired) electrons. The zero-order valence-corrected chi connectivity index (χ0v) is 24.0. The number of carbonyl (C=O) groups excluding carboxylic acids is 1. The van der Waals surface area contributed by atoms with Gasteiger partial charge in [0.25, 0.3) is 0 Å². The van der Waals surface area contributed by atoms with Crippen LogP contribution in [0.5, 0.6) is 0 Å². The molecule has 11 N–H and O–H groups in total. The Hall–Kier alpha value is -2.04. The Balaban J connectivity index is 1.32. The molecule has 42 heavy (non-hydrogen) atoms. The Morgan fingerprint density at radius 2 is 1.86 bits per heavy atom. The molecule has 2 saturated carbocycles. The molecule has 1 saturated heterocycles. The third-order valence-electron chi connectivity index (χ3n) is 6.82. The van der Waals surface area contributed by atoms with Crippen molar-refractivity contribution in [3.8, 4) is 11.8 Å². The van der Waals surface area contributed by atoms with Crippen molar-refractivity contribution in [2.45, 2.75) is 30.9 Å². The van der Waals surface area contributed by atoms with E-state index in [0.717, 1.165) is 10.8 Å². The van der Waals surface area contributed by atoms with Gasteiger partial charge in [0, 0.05) is 12.6 Å². The van der Waals surface area contributed by atoms with Crippen molar-refractivity contribution < 1.29 is 65.8 Å².